The minimum absolute atomic E-state index is 0.0956. The highest BCUT2D eigenvalue weighted by Crippen LogP contribution is 2.38. The van der Waals surface area contributed by atoms with Gasteiger partial charge in [-0.2, -0.15) is 0 Å². The summed E-state index contributed by atoms with van der Waals surface area (Å²) in [6, 6.07) is 39.8. The second-order valence-electron chi connectivity index (χ2n) is 10.2. The molecule has 0 spiro atoms. The average molecular weight is 644 g/mol. The molecule has 0 fully saturated rings. The Hall–Kier alpha value is -5.80. The number of ether oxygens (including phenoxy) is 2. The van der Waals surface area contributed by atoms with Crippen LogP contribution >= 0.6 is 11.8 Å². The number of thioether (sulfide) groups is 1. The van der Waals surface area contributed by atoms with Crippen LogP contribution in [0.5, 0.6) is 11.5 Å². The summed E-state index contributed by atoms with van der Waals surface area (Å²) in [5, 5.41) is 8.03. The van der Waals surface area contributed by atoms with Crippen LogP contribution in [0.15, 0.2) is 144 Å². The van der Waals surface area contributed by atoms with Crippen molar-refractivity contribution in [2.75, 3.05) is 24.9 Å². The first kappa shape index (κ1) is 32.6. The topological polar surface area (TPSA) is 106 Å². The Morgan fingerprint density at radius 1 is 0.702 bits per heavy atom. The van der Waals surface area contributed by atoms with E-state index in [4.69, 9.17) is 9.47 Å². The van der Waals surface area contributed by atoms with Crippen molar-refractivity contribution in [3.63, 3.8) is 0 Å². The predicted octanol–water partition coefficient (Wildman–Crippen LogP) is 7.59. The maximum atomic E-state index is 13.7. The lowest BCUT2D eigenvalue weighted by Gasteiger charge is -2.19. The molecule has 8 nitrogen and oxygen atoms in total. The normalized spacial score (nSPS) is 11.6. The molecule has 5 aromatic rings. The monoisotopic (exact) mass is 643 g/mol. The molecular weight excluding hydrogens is 611 g/mol. The van der Waals surface area contributed by atoms with Gasteiger partial charge in [0.2, 0.25) is 5.91 Å². The van der Waals surface area contributed by atoms with Crippen LogP contribution < -0.4 is 25.4 Å². The van der Waals surface area contributed by atoms with Crippen LogP contribution in [-0.4, -0.2) is 31.9 Å². The van der Waals surface area contributed by atoms with Crippen LogP contribution in [0.25, 0.3) is 6.08 Å². The third-order valence-corrected chi connectivity index (χ3v) is 8.28. The molecule has 5 rings (SSSR count). The van der Waals surface area contributed by atoms with E-state index >= 15 is 0 Å². The number of hydrogen-bond acceptors (Lipinski definition) is 6. The Morgan fingerprint density at radius 3 is 1.98 bits per heavy atom. The molecule has 0 bridgehead atoms. The van der Waals surface area contributed by atoms with E-state index in [-0.39, 0.29) is 11.6 Å². The number of carbonyl (C=O) groups is 3. The number of benzene rings is 5. The fourth-order valence-corrected chi connectivity index (χ4v) is 5.64. The fraction of sp³-hybridized carbons (Fsp3) is 0.0789. The second-order valence-corrected chi connectivity index (χ2v) is 11.4. The fourth-order valence-electron chi connectivity index (χ4n) is 4.61. The standard InChI is InChI=1S/C38H33N3O5S/c1-45-30-20-23-32(34(25-30)46-2)40-38(44)35(27-14-8-4-9-15-27)47-31-21-18-29(19-22-31)39-37(43)33(24-26-12-6-3-7-13-26)41-36(42)28-16-10-5-11-17-28/h3-25,35H,1-2H3,(H,39,43)(H,40,44)(H,41,42)/b33-24-. The van der Waals surface area contributed by atoms with Gasteiger partial charge in [0, 0.05) is 22.2 Å². The van der Waals surface area contributed by atoms with Gasteiger partial charge in [-0.3, -0.25) is 14.4 Å². The van der Waals surface area contributed by atoms with Gasteiger partial charge in [-0.1, -0.05) is 78.9 Å². The Labute approximate surface area is 277 Å². The molecule has 236 valence electrons. The molecule has 0 radical (unpaired) electrons. The molecule has 0 aliphatic heterocycles. The highest BCUT2D eigenvalue weighted by Gasteiger charge is 2.24. The van der Waals surface area contributed by atoms with Crippen molar-refractivity contribution in [3.05, 3.63) is 156 Å². The predicted molar refractivity (Wildman–Crippen MR) is 187 cm³/mol. The van der Waals surface area contributed by atoms with Gasteiger partial charge in [-0.25, -0.2) is 0 Å². The quantitative estimate of drug-likeness (QED) is 0.0956. The minimum Gasteiger partial charge on any atom is -0.497 e. The van der Waals surface area contributed by atoms with Crippen LogP contribution in [0.1, 0.15) is 26.7 Å². The number of rotatable bonds is 12. The Balaban J connectivity index is 1.32. The molecule has 0 aliphatic carbocycles. The first-order valence-corrected chi connectivity index (χ1v) is 15.6. The second kappa shape index (κ2) is 16.0. The van der Waals surface area contributed by atoms with Gasteiger partial charge < -0.3 is 25.4 Å². The van der Waals surface area contributed by atoms with Gasteiger partial charge in [-0.05, 0) is 65.7 Å². The van der Waals surface area contributed by atoms with Crippen molar-refractivity contribution in [2.45, 2.75) is 10.1 Å². The molecular formula is C38H33N3O5S. The average Bonchev–Trinajstić information content (AvgIpc) is 3.12. The van der Waals surface area contributed by atoms with Crippen molar-refractivity contribution in [1.29, 1.82) is 0 Å². The largest absolute Gasteiger partial charge is 0.497 e. The molecule has 0 aliphatic rings. The summed E-state index contributed by atoms with van der Waals surface area (Å²) in [4.78, 5) is 40.8. The van der Waals surface area contributed by atoms with Gasteiger partial charge in [0.05, 0.1) is 19.9 Å². The zero-order valence-corrected chi connectivity index (χ0v) is 26.6. The molecule has 0 saturated heterocycles. The number of nitrogens with one attached hydrogen (secondary N) is 3. The lowest BCUT2D eigenvalue weighted by atomic mass is 10.1. The van der Waals surface area contributed by atoms with Crippen LogP contribution in [0.3, 0.4) is 0 Å². The Kier molecular flexibility index (Phi) is 11.1. The van der Waals surface area contributed by atoms with Gasteiger partial charge in [0.1, 0.15) is 22.4 Å². The highest BCUT2D eigenvalue weighted by atomic mass is 32.2. The number of amides is 3. The molecule has 9 heteroatoms. The summed E-state index contributed by atoms with van der Waals surface area (Å²) < 4.78 is 10.7. The zero-order valence-electron chi connectivity index (χ0n) is 25.8. The first-order chi connectivity index (χ1) is 22.9. The third-order valence-electron chi connectivity index (χ3n) is 7.01. The molecule has 3 amide bonds. The van der Waals surface area contributed by atoms with E-state index in [1.807, 2.05) is 78.9 Å². The highest BCUT2D eigenvalue weighted by molar-refractivity contribution is 8.00. The Morgan fingerprint density at radius 2 is 1.34 bits per heavy atom. The van der Waals surface area contributed by atoms with Gasteiger partial charge in [0.25, 0.3) is 11.8 Å². The molecule has 0 saturated carbocycles. The van der Waals surface area contributed by atoms with E-state index < -0.39 is 17.1 Å². The lowest BCUT2D eigenvalue weighted by Crippen LogP contribution is -2.30. The molecule has 1 unspecified atom stereocenters. The van der Waals surface area contributed by atoms with E-state index in [0.717, 1.165) is 16.0 Å². The third kappa shape index (κ3) is 8.90. The van der Waals surface area contributed by atoms with Crippen molar-refractivity contribution < 1.29 is 23.9 Å². The summed E-state index contributed by atoms with van der Waals surface area (Å²) in [6.07, 6.45) is 1.63. The maximum absolute atomic E-state index is 13.7. The van der Waals surface area contributed by atoms with Crippen LogP contribution in [0, 0.1) is 0 Å². The van der Waals surface area contributed by atoms with Crippen LogP contribution in [0.4, 0.5) is 11.4 Å². The molecule has 3 N–H and O–H groups in total. The summed E-state index contributed by atoms with van der Waals surface area (Å²) in [7, 11) is 3.10. The molecule has 1 atom stereocenters. The summed E-state index contributed by atoms with van der Waals surface area (Å²) >= 11 is 1.37. The number of carbonyl (C=O) groups excluding carboxylic acids is 3. The van der Waals surface area contributed by atoms with Crippen LogP contribution in [0.2, 0.25) is 0 Å². The lowest BCUT2D eigenvalue weighted by molar-refractivity contribution is -0.116. The van der Waals surface area contributed by atoms with Crippen molar-refractivity contribution >= 4 is 46.9 Å². The van der Waals surface area contributed by atoms with Crippen molar-refractivity contribution in [1.82, 2.24) is 5.32 Å². The first-order valence-electron chi connectivity index (χ1n) is 14.7. The molecule has 5 aromatic carbocycles. The van der Waals surface area contributed by atoms with Crippen molar-refractivity contribution in [2.24, 2.45) is 0 Å². The van der Waals surface area contributed by atoms with E-state index in [1.165, 1.54) is 18.9 Å². The molecule has 0 aromatic heterocycles. The Bertz CT molecular complexity index is 1850. The summed E-state index contributed by atoms with van der Waals surface area (Å²) in [5.74, 6) is -0.00917. The number of hydrogen-bond donors (Lipinski definition) is 3. The van der Waals surface area contributed by atoms with E-state index in [0.29, 0.717) is 28.4 Å². The smallest absolute Gasteiger partial charge is 0.272 e. The number of anilines is 2. The minimum atomic E-state index is -0.586. The van der Waals surface area contributed by atoms with E-state index in [2.05, 4.69) is 16.0 Å². The van der Waals surface area contributed by atoms with Gasteiger partial charge in [-0.15, -0.1) is 11.8 Å². The van der Waals surface area contributed by atoms with Crippen LogP contribution in [-0.2, 0) is 9.59 Å². The van der Waals surface area contributed by atoms with E-state index in [1.54, 1.807) is 67.8 Å². The van der Waals surface area contributed by atoms with Crippen molar-refractivity contribution in [3.8, 4) is 11.5 Å². The SMILES string of the molecule is COc1ccc(NC(=O)C(Sc2ccc(NC(=O)/C(=C/c3ccccc3)NC(=O)c3ccccc3)cc2)c2ccccc2)c(OC)c1. The summed E-state index contributed by atoms with van der Waals surface area (Å²) in [5.41, 5.74) is 3.16. The number of methoxy groups -OCH3 is 2. The maximum Gasteiger partial charge on any atom is 0.272 e. The summed E-state index contributed by atoms with van der Waals surface area (Å²) in [6.45, 7) is 0. The van der Waals surface area contributed by atoms with Gasteiger partial charge in [0.15, 0.2) is 0 Å². The molecule has 0 heterocycles. The van der Waals surface area contributed by atoms with E-state index in [9.17, 15) is 14.4 Å². The van der Waals surface area contributed by atoms with Gasteiger partial charge >= 0.3 is 0 Å². The molecule has 47 heavy (non-hydrogen) atoms. The zero-order chi connectivity index (χ0) is 33.0.